The molecular weight excluding hydrogens is 352 g/mol. The van der Waals surface area contributed by atoms with Crippen molar-refractivity contribution in [2.75, 3.05) is 0 Å². The summed E-state index contributed by atoms with van der Waals surface area (Å²) in [5, 5.41) is 0.299. The van der Waals surface area contributed by atoms with Crippen LogP contribution >= 0.6 is 11.6 Å². The van der Waals surface area contributed by atoms with Crippen LogP contribution in [0.5, 0.6) is 0 Å². The first-order chi connectivity index (χ1) is 13.3. The Kier molecular flexibility index (Phi) is 8.13. The summed E-state index contributed by atoms with van der Waals surface area (Å²) in [6.45, 7) is 2.29. The molecule has 1 aliphatic carbocycles. The molecule has 0 bridgehead atoms. The van der Waals surface area contributed by atoms with Crippen molar-refractivity contribution in [3.8, 4) is 11.1 Å². The van der Waals surface area contributed by atoms with Gasteiger partial charge in [0.2, 0.25) is 5.28 Å². The minimum atomic E-state index is 0.299. The van der Waals surface area contributed by atoms with E-state index in [0.29, 0.717) is 5.28 Å². The van der Waals surface area contributed by atoms with Gasteiger partial charge in [-0.3, -0.25) is 0 Å². The molecule has 1 fully saturated rings. The fraction of sp³-hybridized carbons (Fsp3) is 0.583. The van der Waals surface area contributed by atoms with Gasteiger partial charge in [0.15, 0.2) is 0 Å². The molecule has 1 aromatic carbocycles. The number of hydrogen-bond acceptors (Lipinski definition) is 2. The van der Waals surface area contributed by atoms with Gasteiger partial charge >= 0.3 is 0 Å². The van der Waals surface area contributed by atoms with E-state index in [1.165, 1.54) is 76.2 Å². The minimum absolute atomic E-state index is 0.299. The molecule has 0 saturated heterocycles. The number of unbranched alkanes of at least 4 members (excludes halogenated alkanes) is 5. The second-order valence-corrected chi connectivity index (χ2v) is 8.47. The van der Waals surface area contributed by atoms with E-state index in [1.807, 2.05) is 0 Å². The van der Waals surface area contributed by atoms with Crippen molar-refractivity contribution in [1.82, 2.24) is 9.97 Å². The molecule has 1 heterocycles. The smallest absolute Gasteiger partial charge is 0.222 e. The molecule has 3 heteroatoms. The topological polar surface area (TPSA) is 25.8 Å². The average Bonchev–Trinajstić information content (AvgIpc) is 2.72. The Morgan fingerprint density at radius 2 is 1.44 bits per heavy atom. The molecule has 0 N–H and O–H groups in total. The van der Waals surface area contributed by atoms with Crippen molar-refractivity contribution in [3.05, 3.63) is 47.5 Å². The molecule has 0 radical (unpaired) electrons. The number of hydrogen-bond donors (Lipinski definition) is 0. The van der Waals surface area contributed by atoms with Gasteiger partial charge < -0.3 is 0 Å². The molecule has 0 aliphatic heterocycles. The lowest BCUT2D eigenvalue weighted by molar-refractivity contribution is 0.302. The monoisotopic (exact) mass is 384 g/mol. The lowest BCUT2D eigenvalue weighted by Gasteiger charge is -2.29. The van der Waals surface area contributed by atoms with Gasteiger partial charge in [0.1, 0.15) is 0 Å². The van der Waals surface area contributed by atoms with Gasteiger partial charge in [-0.05, 0) is 60.2 Å². The van der Waals surface area contributed by atoms with Crippen LogP contribution in [0.3, 0.4) is 0 Å². The summed E-state index contributed by atoms with van der Waals surface area (Å²) < 4.78 is 0. The Balaban J connectivity index is 1.42. The zero-order chi connectivity index (χ0) is 18.9. The SMILES string of the molecule is CCCCCCCCC1CCC(c2ccc(-c3cnc(Cl)nc3)cc2)CC1. The second kappa shape index (κ2) is 10.8. The predicted molar refractivity (Wildman–Crippen MR) is 115 cm³/mol. The zero-order valence-corrected chi connectivity index (χ0v) is 17.4. The van der Waals surface area contributed by atoms with Crippen LogP contribution in [-0.2, 0) is 0 Å². The average molecular weight is 385 g/mol. The fourth-order valence-corrected chi connectivity index (χ4v) is 4.50. The Bertz CT molecular complexity index is 658. The van der Waals surface area contributed by atoms with Crippen LogP contribution in [0.25, 0.3) is 11.1 Å². The van der Waals surface area contributed by atoms with Crippen LogP contribution in [0.15, 0.2) is 36.7 Å². The van der Waals surface area contributed by atoms with Crippen LogP contribution in [0.1, 0.15) is 89.0 Å². The van der Waals surface area contributed by atoms with E-state index < -0.39 is 0 Å². The molecule has 1 aromatic heterocycles. The summed E-state index contributed by atoms with van der Waals surface area (Å²) >= 11 is 5.78. The maximum atomic E-state index is 5.78. The highest BCUT2D eigenvalue weighted by molar-refractivity contribution is 6.28. The Hall–Kier alpha value is -1.41. The van der Waals surface area contributed by atoms with Crippen LogP contribution in [0, 0.1) is 5.92 Å². The standard InChI is InChI=1S/C24H33ClN2/c1-2-3-4-5-6-7-8-19-9-11-20(12-10-19)21-13-15-22(16-14-21)23-17-26-24(25)27-18-23/h13-20H,2-12H2,1H3. The second-order valence-electron chi connectivity index (χ2n) is 8.14. The van der Waals surface area contributed by atoms with Crippen LogP contribution in [0.2, 0.25) is 5.28 Å². The van der Waals surface area contributed by atoms with Gasteiger partial charge in [-0.1, -0.05) is 76.1 Å². The largest absolute Gasteiger partial charge is 0.226 e. The number of halogens is 1. The maximum absolute atomic E-state index is 5.78. The highest BCUT2D eigenvalue weighted by atomic mass is 35.5. The maximum Gasteiger partial charge on any atom is 0.222 e. The third-order valence-corrected chi connectivity index (χ3v) is 6.34. The quantitative estimate of drug-likeness (QED) is 0.325. The third-order valence-electron chi connectivity index (χ3n) is 6.15. The van der Waals surface area contributed by atoms with Crippen LogP contribution in [-0.4, -0.2) is 9.97 Å². The lowest BCUT2D eigenvalue weighted by atomic mass is 9.77. The van der Waals surface area contributed by atoms with Gasteiger partial charge in [-0.2, -0.15) is 0 Å². The Labute approximate surface area is 169 Å². The van der Waals surface area contributed by atoms with Crippen molar-refractivity contribution >= 4 is 11.6 Å². The zero-order valence-electron chi connectivity index (χ0n) is 16.7. The van der Waals surface area contributed by atoms with E-state index in [2.05, 4.69) is 41.2 Å². The number of aromatic nitrogens is 2. The van der Waals surface area contributed by atoms with Gasteiger partial charge in [-0.15, -0.1) is 0 Å². The Morgan fingerprint density at radius 3 is 2.11 bits per heavy atom. The molecule has 1 saturated carbocycles. The van der Waals surface area contributed by atoms with Gasteiger partial charge in [0.25, 0.3) is 0 Å². The first kappa shape index (κ1) is 20.3. The summed E-state index contributed by atoms with van der Waals surface area (Å²) in [4.78, 5) is 8.15. The van der Waals surface area contributed by atoms with Gasteiger partial charge in [0, 0.05) is 18.0 Å². The molecular formula is C24H33ClN2. The summed E-state index contributed by atoms with van der Waals surface area (Å²) in [5.74, 6) is 1.71. The molecule has 27 heavy (non-hydrogen) atoms. The minimum Gasteiger partial charge on any atom is -0.226 e. The van der Waals surface area contributed by atoms with Crippen molar-refractivity contribution in [3.63, 3.8) is 0 Å². The summed E-state index contributed by atoms with van der Waals surface area (Å²) in [6, 6.07) is 8.99. The molecule has 3 rings (SSSR count). The summed E-state index contributed by atoms with van der Waals surface area (Å²) in [6.07, 6.45) is 19.1. The molecule has 2 nitrogen and oxygen atoms in total. The highest BCUT2D eigenvalue weighted by Gasteiger charge is 2.22. The third kappa shape index (κ3) is 6.31. The number of rotatable bonds is 9. The van der Waals surface area contributed by atoms with E-state index in [4.69, 9.17) is 11.6 Å². The van der Waals surface area contributed by atoms with Gasteiger partial charge in [0.05, 0.1) is 0 Å². The first-order valence-electron chi connectivity index (χ1n) is 10.8. The summed E-state index contributed by atoms with van der Waals surface area (Å²) in [5.41, 5.74) is 3.67. The van der Waals surface area contributed by atoms with E-state index in [0.717, 1.165) is 23.0 Å². The first-order valence-corrected chi connectivity index (χ1v) is 11.2. The Morgan fingerprint density at radius 1 is 0.815 bits per heavy atom. The highest BCUT2D eigenvalue weighted by Crippen LogP contribution is 2.38. The summed E-state index contributed by atoms with van der Waals surface area (Å²) in [7, 11) is 0. The molecule has 1 aliphatic rings. The lowest BCUT2D eigenvalue weighted by Crippen LogP contribution is -2.13. The molecule has 0 amide bonds. The molecule has 0 unspecified atom stereocenters. The van der Waals surface area contributed by atoms with Crippen molar-refractivity contribution in [2.45, 2.75) is 83.5 Å². The molecule has 0 atom stereocenters. The number of benzene rings is 1. The van der Waals surface area contributed by atoms with E-state index >= 15 is 0 Å². The van der Waals surface area contributed by atoms with Crippen LogP contribution < -0.4 is 0 Å². The van der Waals surface area contributed by atoms with Crippen molar-refractivity contribution < 1.29 is 0 Å². The van der Waals surface area contributed by atoms with E-state index in [9.17, 15) is 0 Å². The van der Waals surface area contributed by atoms with Crippen molar-refractivity contribution in [2.24, 2.45) is 5.92 Å². The van der Waals surface area contributed by atoms with Gasteiger partial charge in [-0.25, -0.2) is 9.97 Å². The molecule has 146 valence electrons. The van der Waals surface area contributed by atoms with Crippen molar-refractivity contribution in [1.29, 1.82) is 0 Å². The van der Waals surface area contributed by atoms with E-state index in [1.54, 1.807) is 12.4 Å². The fourth-order valence-electron chi connectivity index (χ4n) is 4.41. The van der Waals surface area contributed by atoms with Crippen LogP contribution in [0.4, 0.5) is 0 Å². The number of nitrogens with zero attached hydrogens (tertiary/aromatic N) is 2. The molecule has 0 spiro atoms. The van der Waals surface area contributed by atoms with E-state index in [-0.39, 0.29) is 0 Å². The normalized spacial score (nSPS) is 19.9. The molecule has 2 aromatic rings. The predicted octanol–water partition coefficient (Wildman–Crippen LogP) is 7.82.